The molecular weight excluding hydrogens is 476 g/mol. The summed E-state index contributed by atoms with van der Waals surface area (Å²) in [5, 5.41) is 13.6. The molecule has 4 aromatic rings. The minimum absolute atomic E-state index is 0.522. The molecule has 160 valence electrons. The molecule has 0 amide bonds. The van der Waals surface area contributed by atoms with Crippen LogP contribution in [0.1, 0.15) is 19.7 Å². The van der Waals surface area contributed by atoms with Crippen molar-refractivity contribution in [2.45, 2.75) is 24.8 Å². The number of rotatable bonds is 8. The molecule has 2 heterocycles. The Morgan fingerprint density at radius 2 is 1.81 bits per heavy atom. The van der Waals surface area contributed by atoms with Crippen LogP contribution in [0.5, 0.6) is 0 Å². The molecule has 0 unspecified atom stereocenters. The van der Waals surface area contributed by atoms with E-state index in [1.165, 1.54) is 17.4 Å². The van der Waals surface area contributed by atoms with Crippen molar-refractivity contribution >= 4 is 33.4 Å². The van der Waals surface area contributed by atoms with Crippen LogP contribution in [-0.2, 0) is 12.8 Å². The second-order valence-corrected chi connectivity index (χ2v) is 8.75. The van der Waals surface area contributed by atoms with Crippen molar-refractivity contribution in [1.29, 1.82) is 0 Å². The average Bonchev–Trinajstić information content (AvgIpc) is 3.40. The molecule has 0 N–H and O–H groups in total. The van der Waals surface area contributed by atoms with Crippen LogP contribution in [-0.4, -0.2) is 38.0 Å². The van der Waals surface area contributed by atoms with Gasteiger partial charge in [-0.3, -0.25) is 0 Å². The SMILES string of the molecule is CCN(CC)c1ccc(-c2nnc(SCc3nc(-c4cccc(Br)c4)no3)n2C)cc1. The van der Waals surface area contributed by atoms with Crippen molar-refractivity contribution in [3.63, 3.8) is 0 Å². The van der Waals surface area contributed by atoms with Crippen LogP contribution in [0, 0.1) is 0 Å². The molecule has 0 aliphatic heterocycles. The summed E-state index contributed by atoms with van der Waals surface area (Å²) in [6.45, 7) is 6.29. The first-order chi connectivity index (χ1) is 15.1. The van der Waals surface area contributed by atoms with E-state index >= 15 is 0 Å². The van der Waals surface area contributed by atoms with E-state index in [-0.39, 0.29) is 0 Å². The molecular formula is C22H23BrN6OS. The third-order valence-electron chi connectivity index (χ3n) is 4.96. The van der Waals surface area contributed by atoms with Crippen LogP contribution in [0.2, 0.25) is 0 Å². The van der Waals surface area contributed by atoms with Gasteiger partial charge in [-0.25, -0.2) is 0 Å². The zero-order valence-corrected chi connectivity index (χ0v) is 20.0. The average molecular weight is 499 g/mol. The lowest BCUT2D eigenvalue weighted by molar-refractivity contribution is 0.391. The maximum Gasteiger partial charge on any atom is 0.237 e. The van der Waals surface area contributed by atoms with Crippen molar-refractivity contribution in [3.05, 3.63) is 58.9 Å². The van der Waals surface area contributed by atoms with Crippen LogP contribution in [0.15, 0.2) is 62.7 Å². The third kappa shape index (κ3) is 4.83. The summed E-state index contributed by atoms with van der Waals surface area (Å²) in [4.78, 5) is 6.81. The fraction of sp³-hybridized carbons (Fsp3) is 0.273. The van der Waals surface area contributed by atoms with Gasteiger partial charge in [0, 0.05) is 41.4 Å². The molecule has 31 heavy (non-hydrogen) atoms. The monoisotopic (exact) mass is 498 g/mol. The Labute approximate surface area is 194 Å². The van der Waals surface area contributed by atoms with Crippen LogP contribution in [0.3, 0.4) is 0 Å². The molecule has 0 saturated carbocycles. The van der Waals surface area contributed by atoms with Gasteiger partial charge >= 0.3 is 0 Å². The summed E-state index contributed by atoms with van der Waals surface area (Å²) in [6.07, 6.45) is 0. The van der Waals surface area contributed by atoms with Crippen LogP contribution in [0.25, 0.3) is 22.8 Å². The Bertz CT molecular complexity index is 1150. The number of benzene rings is 2. The van der Waals surface area contributed by atoms with E-state index in [2.05, 4.69) is 79.3 Å². The van der Waals surface area contributed by atoms with Gasteiger partial charge in [-0.05, 0) is 50.2 Å². The van der Waals surface area contributed by atoms with Gasteiger partial charge in [-0.2, -0.15) is 4.98 Å². The lowest BCUT2D eigenvalue weighted by Gasteiger charge is -2.21. The summed E-state index contributed by atoms with van der Waals surface area (Å²) in [7, 11) is 1.97. The Hall–Kier alpha value is -2.65. The molecule has 0 bridgehead atoms. The molecule has 0 fully saturated rings. The van der Waals surface area contributed by atoms with Gasteiger partial charge in [0.1, 0.15) is 0 Å². The summed E-state index contributed by atoms with van der Waals surface area (Å²) in [6, 6.07) is 16.3. The molecule has 4 rings (SSSR count). The highest BCUT2D eigenvalue weighted by atomic mass is 79.9. The molecule has 9 heteroatoms. The van der Waals surface area contributed by atoms with Gasteiger partial charge in [-0.1, -0.05) is 45.0 Å². The van der Waals surface area contributed by atoms with E-state index in [0.29, 0.717) is 17.5 Å². The third-order valence-corrected chi connectivity index (χ3v) is 6.46. The molecule has 2 aromatic heterocycles. The first-order valence-electron chi connectivity index (χ1n) is 10.0. The normalized spacial score (nSPS) is 11.1. The van der Waals surface area contributed by atoms with E-state index < -0.39 is 0 Å². The van der Waals surface area contributed by atoms with Crippen molar-refractivity contribution in [3.8, 4) is 22.8 Å². The Balaban J connectivity index is 1.44. The predicted octanol–water partition coefficient (Wildman–Crippen LogP) is 5.43. The van der Waals surface area contributed by atoms with Crippen molar-refractivity contribution < 1.29 is 4.52 Å². The number of anilines is 1. The smallest absolute Gasteiger partial charge is 0.237 e. The van der Waals surface area contributed by atoms with Gasteiger partial charge in [0.2, 0.25) is 11.7 Å². The van der Waals surface area contributed by atoms with E-state index in [9.17, 15) is 0 Å². The molecule has 0 saturated heterocycles. The highest BCUT2D eigenvalue weighted by molar-refractivity contribution is 9.10. The van der Waals surface area contributed by atoms with Crippen molar-refractivity contribution in [2.75, 3.05) is 18.0 Å². The summed E-state index contributed by atoms with van der Waals surface area (Å²) in [5.41, 5.74) is 3.15. The number of hydrogen-bond donors (Lipinski definition) is 0. The van der Waals surface area contributed by atoms with E-state index in [1.54, 1.807) is 0 Å². The van der Waals surface area contributed by atoms with Crippen LogP contribution >= 0.6 is 27.7 Å². The van der Waals surface area contributed by atoms with Gasteiger partial charge in [-0.15, -0.1) is 10.2 Å². The number of halogens is 1. The zero-order valence-electron chi connectivity index (χ0n) is 17.6. The standard InChI is InChI=1S/C22H23BrN6OS/c1-4-29(5-2)18-11-9-15(10-12-18)21-25-26-22(28(21)3)31-14-19-24-20(27-30-19)16-7-6-8-17(23)13-16/h6-13H,4-5,14H2,1-3H3. The zero-order chi connectivity index (χ0) is 21.8. The molecule has 0 radical (unpaired) electrons. The molecule has 7 nitrogen and oxygen atoms in total. The second-order valence-electron chi connectivity index (χ2n) is 6.90. The minimum Gasteiger partial charge on any atom is -0.372 e. The summed E-state index contributed by atoms with van der Waals surface area (Å²) < 4.78 is 8.37. The highest BCUT2D eigenvalue weighted by Gasteiger charge is 2.15. The summed E-state index contributed by atoms with van der Waals surface area (Å²) in [5.74, 6) is 2.47. The Morgan fingerprint density at radius 3 is 2.52 bits per heavy atom. The van der Waals surface area contributed by atoms with E-state index in [1.807, 2.05) is 35.9 Å². The fourth-order valence-corrected chi connectivity index (χ4v) is 4.43. The largest absolute Gasteiger partial charge is 0.372 e. The molecule has 0 aliphatic carbocycles. The number of thioether (sulfide) groups is 1. The summed E-state index contributed by atoms with van der Waals surface area (Å²) >= 11 is 4.98. The molecule has 0 atom stereocenters. The van der Waals surface area contributed by atoms with Crippen LogP contribution in [0.4, 0.5) is 5.69 Å². The van der Waals surface area contributed by atoms with Gasteiger partial charge in [0.15, 0.2) is 11.0 Å². The molecule has 0 aliphatic rings. The Kier molecular flexibility index (Phi) is 6.72. The topological polar surface area (TPSA) is 72.9 Å². The molecule has 0 spiro atoms. The van der Waals surface area contributed by atoms with Crippen molar-refractivity contribution in [2.24, 2.45) is 7.05 Å². The van der Waals surface area contributed by atoms with Crippen molar-refractivity contribution in [1.82, 2.24) is 24.9 Å². The number of aromatic nitrogens is 5. The quantitative estimate of drug-likeness (QED) is 0.299. The molecule has 2 aromatic carbocycles. The van der Waals surface area contributed by atoms with E-state index in [0.717, 1.165) is 39.7 Å². The van der Waals surface area contributed by atoms with Gasteiger partial charge < -0.3 is 14.0 Å². The first-order valence-corrected chi connectivity index (χ1v) is 11.8. The lowest BCUT2D eigenvalue weighted by atomic mass is 10.2. The second kappa shape index (κ2) is 9.65. The Morgan fingerprint density at radius 1 is 1.03 bits per heavy atom. The number of hydrogen-bond acceptors (Lipinski definition) is 7. The number of nitrogens with zero attached hydrogens (tertiary/aromatic N) is 6. The maximum absolute atomic E-state index is 5.41. The first kappa shape index (κ1) is 21.6. The minimum atomic E-state index is 0.522. The van der Waals surface area contributed by atoms with Gasteiger partial charge in [0.05, 0.1) is 5.75 Å². The highest BCUT2D eigenvalue weighted by Crippen LogP contribution is 2.27. The van der Waals surface area contributed by atoms with E-state index in [4.69, 9.17) is 4.52 Å². The fourth-order valence-electron chi connectivity index (χ4n) is 3.29. The van der Waals surface area contributed by atoms with Crippen LogP contribution < -0.4 is 4.90 Å². The maximum atomic E-state index is 5.41. The predicted molar refractivity (Wildman–Crippen MR) is 127 cm³/mol. The van der Waals surface area contributed by atoms with Gasteiger partial charge in [0.25, 0.3) is 0 Å². The lowest BCUT2D eigenvalue weighted by Crippen LogP contribution is -2.21.